The van der Waals surface area contributed by atoms with Gasteiger partial charge >= 0.3 is 0 Å². The maximum Gasteiger partial charge on any atom is 0.269 e. The van der Waals surface area contributed by atoms with Crippen LogP contribution in [0.2, 0.25) is 0 Å². The summed E-state index contributed by atoms with van der Waals surface area (Å²) < 4.78 is 37.6. The fourth-order valence-electron chi connectivity index (χ4n) is 2.98. The van der Waals surface area contributed by atoms with Gasteiger partial charge in [-0.1, -0.05) is 23.6 Å². The number of rotatable bonds is 4. The molecule has 0 bridgehead atoms. The minimum absolute atomic E-state index is 0.188. The van der Waals surface area contributed by atoms with Gasteiger partial charge in [0, 0.05) is 17.8 Å². The van der Waals surface area contributed by atoms with Crippen LogP contribution in [0.1, 0.15) is 16.8 Å². The van der Waals surface area contributed by atoms with E-state index in [1.165, 1.54) is 12.4 Å². The molecule has 8 heteroatoms. The molecule has 0 aliphatic carbocycles. The zero-order valence-corrected chi connectivity index (χ0v) is 18.0. The molecule has 31 heavy (non-hydrogen) atoms. The summed E-state index contributed by atoms with van der Waals surface area (Å²) in [4.78, 5) is 8.92. The molecule has 0 unspecified atom stereocenters. The molecular weight excluding hydrogens is 414 g/mol. The summed E-state index contributed by atoms with van der Waals surface area (Å²) in [5, 5.41) is 0. The Hall–Kier alpha value is -3.83. The van der Waals surface area contributed by atoms with Crippen molar-refractivity contribution in [2.24, 2.45) is 0 Å². The van der Waals surface area contributed by atoms with Crippen LogP contribution in [0.25, 0.3) is 11.2 Å². The fraction of sp³-hybridized carbons (Fsp3) is 0.130. The van der Waals surface area contributed by atoms with Crippen molar-refractivity contribution in [2.45, 2.75) is 11.8 Å². The van der Waals surface area contributed by atoms with Gasteiger partial charge in [0.05, 0.1) is 25.3 Å². The van der Waals surface area contributed by atoms with Gasteiger partial charge in [-0.15, -0.1) is 0 Å². The van der Waals surface area contributed by atoms with Gasteiger partial charge in [-0.25, -0.2) is 22.4 Å². The monoisotopic (exact) mass is 433 g/mol. The van der Waals surface area contributed by atoms with Gasteiger partial charge < -0.3 is 9.47 Å². The van der Waals surface area contributed by atoms with Gasteiger partial charge in [0.2, 0.25) is 0 Å². The summed E-state index contributed by atoms with van der Waals surface area (Å²) >= 11 is 0. The van der Waals surface area contributed by atoms with Crippen LogP contribution in [-0.2, 0) is 10.0 Å². The van der Waals surface area contributed by atoms with Gasteiger partial charge in [-0.3, -0.25) is 0 Å². The van der Waals surface area contributed by atoms with Crippen molar-refractivity contribution in [1.29, 1.82) is 0 Å². The summed E-state index contributed by atoms with van der Waals surface area (Å²) in [5.74, 6) is 7.21. The van der Waals surface area contributed by atoms with E-state index in [0.717, 1.165) is 9.54 Å². The maximum atomic E-state index is 13.0. The number of aromatic nitrogens is 3. The van der Waals surface area contributed by atoms with E-state index in [9.17, 15) is 8.42 Å². The normalized spacial score (nSPS) is 11.1. The van der Waals surface area contributed by atoms with E-state index < -0.39 is 10.0 Å². The largest absolute Gasteiger partial charge is 0.497 e. The number of fused-ring (bicyclic) bond motifs is 1. The lowest BCUT2D eigenvalue weighted by Gasteiger charge is -2.07. The quantitative estimate of drug-likeness (QED) is 0.459. The van der Waals surface area contributed by atoms with Crippen molar-refractivity contribution in [3.05, 3.63) is 77.7 Å². The highest BCUT2D eigenvalue weighted by atomic mass is 32.2. The predicted octanol–water partition coefficient (Wildman–Crippen LogP) is 3.39. The lowest BCUT2D eigenvalue weighted by atomic mass is 10.2. The Bertz CT molecular complexity index is 1410. The molecule has 4 rings (SSSR count). The molecule has 2 aromatic heterocycles. The van der Waals surface area contributed by atoms with Gasteiger partial charge in [-0.05, 0) is 43.2 Å². The molecule has 0 saturated carbocycles. The van der Waals surface area contributed by atoms with Crippen LogP contribution in [0.4, 0.5) is 0 Å². The molecule has 2 heterocycles. The zero-order chi connectivity index (χ0) is 22.0. The van der Waals surface area contributed by atoms with Crippen LogP contribution in [-0.4, -0.2) is 36.6 Å². The Morgan fingerprint density at radius 2 is 1.61 bits per heavy atom. The Balaban J connectivity index is 1.69. The number of methoxy groups -OCH3 is 2. The van der Waals surface area contributed by atoms with E-state index in [1.807, 2.05) is 6.92 Å². The Labute approximate surface area is 180 Å². The molecule has 0 N–H and O–H groups in total. The van der Waals surface area contributed by atoms with Crippen molar-refractivity contribution in [2.75, 3.05) is 14.2 Å². The minimum atomic E-state index is -3.77. The molecule has 0 atom stereocenters. The third-order valence-corrected chi connectivity index (χ3v) is 6.30. The van der Waals surface area contributed by atoms with Crippen LogP contribution in [0, 0.1) is 18.8 Å². The van der Waals surface area contributed by atoms with Crippen LogP contribution in [0.3, 0.4) is 0 Å². The Morgan fingerprint density at radius 1 is 0.935 bits per heavy atom. The first-order valence-electron chi connectivity index (χ1n) is 9.32. The smallest absolute Gasteiger partial charge is 0.269 e. The van der Waals surface area contributed by atoms with Crippen LogP contribution in [0.15, 0.2) is 65.8 Å². The van der Waals surface area contributed by atoms with Crippen LogP contribution < -0.4 is 9.47 Å². The van der Waals surface area contributed by atoms with Gasteiger partial charge in [0.25, 0.3) is 10.0 Å². The van der Waals surface area contributed by atoms with Crippen LogP contribution in [0.5, 0.6) is 11.5 Å². The summed E-state index contributed by atoms with van der Waals surface area (Å²) in [5.41, 5.74) is 2.77. The summed E-state index contributed by atoms with van der Waals surface area (Å²) in [6.07, 6.45) is 2.90. The second kappa shape index (κ2) is 8.13. The summed E-state index contributed by atoms with van der Waals surface area (Å²) in [7, 11) is -0.632. The summed E-state index contributed by atoms with van der Waals surface area (Å²) in [6.45, 7) is 1.90. The van der Waals surface area contributed by atoms with E-state index in [1.54, 1.807) is 62.8 Å². The number of nitrogens with zero attached hydrogens (tertiary/aromatic N) is 3. The molecule has 2 aromatic carbocycles. The molecule has 0 spiro atoms. The standard InChI is InChI=1S/C23H19N3O4S/c1-16-4-8-21(9-5-16)31(27,28)26-11-10-22-23(26)24-15-18(25-22)7-6-17-12-19(29-2)14-20(13-17)30-3/h4-5,8-15H,1-3H3. The SMILES string of the molecule is COc1cc(C#Cc2cnc3c(ccn3S(=O)(=O)c3ccc(C)cc3)n2)cc(OC)c1. The number of ether oxygens (including phenoxy) is 2. The second-order valence-electron chi connectivity index (χ2n) is 6.75. The van der Waals surface area contributed by atoms with Crippen molar-refractivity contribution >= 4 is 21.2 Å². The van der Waals surface area contributed by atoms with Crippen LogP contribution >= 0.6 is 0 Å². The van der Waals surface area contributed by atoms with Crippen molar-refractivity contribution < 1.29 is 17.9 Å². The van der Waals surface area contributed by atoms with Gasteiger partial charge in [0.1, 0.15) is 22.7 Å². The van der Waals surface area contributed by atoms with Gasteiger partial charge in [-0.2, -0.15) is 0 Å². The molecule has 7 nitrogen and oxygen atoms in total. The van der Waals surface area contributed by atoms with E-state index in [0.29, 0.717) is 28.3 Å². The Kier molecular flexibility index (Phi) is 5.36. The number of hydrogen-bond donors (Lipinski definition) is 0. The minimum Gasteiger partial charge on any atom is -0.497 e. The highest BCUT2D eigenvalue weighted by molar-refractivity contribution is 7.90. The predicted molar refractivity (Wildman–Crippen MR) is 117 cm³/mol. The highest BCUT2D eigenvalue weighted by Crippen LogP contribution is 2.22. The first-order chi connectivity index (χ1) is 14.9. The molecule has 0 amide bonds. The molecule has 4 aromatic rings. The van der Waals surface area contributed by atoms with Crippen molar-refractivity contribution in [1.82, 2.24) is 13.9 Å². The molecule has 0 fully saturated rings. The highest BCUT2D eigenvalue weighted by Gasteiger charge is 2.20. The first kappa shape index (κ1) is 20.4. The number of hydrogen-bond acceptors (Lipinski definition) is 6. The first-order valence-corrected chi connectivity index (χ1v) is 10.8. The maximum absolute atomic E-state index is 13.0. The topological polar surface area (TPSA) is 83.3 Å². The lowest BCUT2D eigenvalue weighted by Crippen LogP contribution is -2.12. The average molecular weight is 433 g/mol. The third kappa shape index (κ3) is 4.09. The molecule has 0 saturated heterocycles. The van der Waals surface area contributed by atoms with Crippen molar-refractivity contribution in [3.63, 3.8) is 0 Å². The van der Waals surface area contributed by atoms with E-state index >= 15 is 0 Å². The molecular formula is C23H19N3O4S. The van der Waals surface area contributed by atoms with E-state index in [2.05, 4.69) is 21.8 Å². The second-order valence-corrected chi connectivity index (χ2v) is 8.56. The van der Waals surface area contributed by atoms with Gasteiger partial charge in [0.15, 0.2) is 5.65 Å². The number of benzene rings is 2. The Morgan fingerprint density at radius 3 is 2.26 bits per heavy atom. The molecule has 0 radical (unpaired) electrons. The van der Waals surface area contributed by atoms with E-state index in [-0.39, 0.29) is 10.5 Å². The average Bonchev–Trinajstić information content (AvgIpc) is 3.22. The third-order valence-electron chi connectivity index (χ3n) is 4.62. The zero-order valence-electron chi connectivity index (χ0n) is 17.2. The molecule has 0 aliphatic rings. The number of aryl methyl sites for hydroxylation is 1. The van der Waals surface area contributed by atoms with Crippen molar-refractivity contribution in [3.8, 4) is 23.3 Å². The molecule has 156 valence electrons. The lowest BCUT2D eigenvalue weighted by molar-refractivity contribution is 0.394. The summed E-state index contributed by atoms with van der Waals surface area (Å²) in [6, 6.07) is 13.6. The fourth-order valence-corrected chi connectivity index (χ4v) is 4.28. The van der Waals surface area contributed by atoms with E-state index in [4.69, 9.17) is 9.47 Å². The molecule has 0 aliphatic heterocycles.